The second-order valence-electron chi connectivity index (χ2n) is 4.00. The summed E-state index contributed by atoms with van der Waals surface area (Å²) in [5.41, 5.74) is -0.399. The van der Waals surface area contributed by atoms with Crippen LogP contribution in [0.25, 0.3) is 0 Å². The third kappa shape index (κ3) is 1.30. The van der Waals surface area contributed by atoms with E-state index in [-0.39, 0.29) is 5.41 Å². The molecule has 0 aromatic carbocycles. The van der Waals surface area contributed by atoms with Gasteiger partial charge in [0.05, 0.1) is 11.7 Å². The van der Waals surface area contributed by atoms with Crippen LogP contribution in [0.1, 0.15) is 33.1 Å². The highest BCUT2D eigenvalue weighted by atomic mass is 16.3. The van der Waals surface area contributed by atoms with Gasteiger partial charge in [0.2, 0.25) is 0 Å². The number of hydrogen-bond acceptors (Lipinski definition) is 2. The number of hydrogen-bond donors (Lipinski definition) is 1. The van der Waals surface area contributed by atoms with Crippen molar-refractivity contribution >= 4 is 0 Å². The number of rotatable bonds is 1. The quantitative estimate of drug-likeness (QED) is 0.597. The fourth-order valence-corrected chi connectivity index (χ4v) is 2.10. The van der Waals surface area contributed by atoms with Crippen molar-refractivity contribution in [2.24, 2.45) is 5.41 Å². The normalized spacial score (nSPS) is 45.8. The minimum Gasteiger partial charge on any atom is -0.390 e. The van der Waals surface area contributed by atoms with Gasteiger partial charge in [-0.1, -0.05) is 6.92 Å². The molecular formula is C8H13NO. The van der Waals surface area contributed by atoms with Crippen LogP contribution in [-0.4, -0.2) is 10.7 Å². The number of aliphatic hydroxyl groups is 1. The summed E-state index contributed by atoms with van der Waals surface area (Å²) in [6.45, 7) is 3.88. The highest BCUT2D eigenvalue weighted by Crippen LogP contribution is 2.49. The zero-order chi connectivity index (χ0) is 7.83. The molecule has 0 aromatic rings. The highest BCUT2D eigenvalue weighted by Gasteiger charge is 2.47. The third-order valence-corrected chi connectivity index (χ3v) is 2.12. The van der Waals surface area contributed by atoms with E-state index in [2.05, 4.69) is 6.07 Å². The molecule has 0 aliphatic heterocycles. The van der Waals surface area contributed by atoms with E-state index in [0.29, 0.717) is 6.42 Å². The maximum Gasteiger partial charge on any atom is 0.0630 e. The first-order valence-corrected chi connectivity index (χ1v) is 3.57. The minimum atomic E-state index is -0.494. The topological polar surface area (TPSA) is 44.0 Å². The van der Waals surface area contributed by atoms with Crippen LogP contribution in [0.4, 0.5) is 0 Å². The lowest BCUT2D eigenvalue weighted by molar-refractivity contribution is -0.104. The molecule has 0 bridgehead atoms. The zero-order valence-corrected chi connectivity index (χ0v) is 6.52. The van der Waals surface area contributed by atoms with Crippen molar-refractivity contribution in [2.75, 3.05) is 0 Å². The van der Waals surface area contributed by atoms with Crippen molar-refractivity contribution in [1.82, 2.24) is 0 Å². The molecular weight excluding hydrogens is 126 g/mol. The standard InChI is InChI=1S/C8H13NO/c1-7(3-4-9)5-8(2,10)6-7/h10H,3,5-6H2,1-2H3. The fraction of sp³-hybridized carbons (Fsp3) is 0.875. The van der Waals surface area contributed by atoms with E-state index in [9.17, 15) is 5.11 Å². The second-order valence-corrected chi connectivity index (χ2v) is 4.00. The third-order valence-electron chi connectivity index (χ3n) is 2.12. The fourth-order valence-electron chi connectivity index (χ4n) is 2.10. The molecule has 0 saturated heterocycles. The average Bonchev–Trinajstić information content (AvgIpc) is 1.58. The summed E-state index contributed by atoms with van der Waals surface area (Å²) >= 11 is 0. The van der Waals surface area contributed by atoms with Gasteiger partial charge in [0.15, 0.2) is 0 Å². The highest BCUT2D eigenvalue weighted by molar-refractivity contribution is 5.02. The van der Waals surface area contributed by atoms with Crippen LogP contribution in [0.3, 0.4) is 0 Å². The molecule has 0 radical (unpaired) electrons. The van der Waals surface area contributed by atoms with Crippen molar-refractivity contribution in [3.8, 4) is 6.07 Å². The largest absolute Gasteiger partial charge is 0.390 e. The lowest BCUT2D eigenvalue weighted by Crippen LogP contribution is -2.47. The van der Waals surface area contributed by atoms with E-state index >= 15 is 0 Å². The monoisotopic (exact) mass is 139 g/mol. The summed E-state index contributed by atoms with van der Waals surface area (Å²) in [6.07, 6.45) is 2.12. The molecule has 1 fully saturated rings. The zero-order valence-electron chi connectivity index (χ0n) is 6.52. The Morgan fingerprint density at radius 3 is 2.30 bits per heavy atom. The molecule has 0 unspecified atom stereocenters. The van der Waals surface area contributed by atoms with Gasteiger partial charge in [-0.25, -0.2) is 0 Å². The van der Waals surface area contributed by atoms with E-state index < -0.39 is 5.60 Å². The van der Waals surface area contributed by atoms with E-state index in [1.165, 1.54) is 0 Å². The minimum absolute atomic E-state index is 0.0955. The predicted molar refractivity (Wildman–Crippen MR) is 38.2 cm³/mol. The van der Waals surface area contributed by atoms with Gasteiger partial charge in [0.25, 0.3) is 0 Å². The number of nitrogens with zero attached hydrogens (tertiary/aromatic N) is 1. The molecule has 1 aliphatic carbocycles. The molecule has 56 valence electrons. The Balaban J connectivity index is 2.43. The average molecular weight is 139 g/mol. The van der Waals surface area contributed by atoms with Gasteiger partial charge >= 0.3 is 0 Å². The Labute approximate surface area is 61.5 Å². The smallest absolute Gasteiger partial charge is 0.0630 e. The van der Waals surface area contributed by atoms with Crippen LogP contribution in [0, 0.1) is 16.7 Å². The first-order valence-electron chi connectivity index (χ1n) is 3.57. The maximum atomic E-state index is 9.37. The van der Waals surface area contributed by atoms with Gasteiger partial charge in [-0.3, -0.25) is 0 Å². The summed E-state index contributed by atoms with van der Waals surface area (Å²) < 4.78 is 0. The van der Waals surface area contributed by atoms with Crippen molar-refractivity contribution in [3.05, 3.63) is 0 Å². The van der Waals surface area contributed by atoms with Crippen LogP contribution in [-0.2, 0) is 0 Å². The van der Waals surface area contributed by atoms with Crippen molar-refractivity contribution in [3.63, 3.8) is 0 Å². The van der Waals surface area contributed by atoms with Crippen LogP contribution in [0.15, 0.2) is 0 Å². The SMILES string of the molecule is CC1(O)CC(C)(CC#N)C1. The molecule has 0 heterocycles. The molecule has 2 nitrogen and oxygen atoms in total. The maximum absolute atomic E-state index is 9.37. The van der Waals surface area contributed by atoms with Gasteiger partial charge in [-0.15, -0.1) is 0 Å². The Kier molecular flexibility index (Phi) is 1.48. The molecule has 1 aliphatic rings. The number of nitriles is 1. The van der Waals surface area contributed by atoms with E-state index in [0.717, 1.165) is 12.8 Å². The molecule has 0 atom stereocenters. The first-order chi connectivity index (χ1) is 4.47. The molecule has 1 N–H and O–H groups in total. The van der Waals surface area contributed by atoms with E-state index in [1.807, 2.05) is 13.8 Å². The second kappa shape index (κ2) is 1.96. The Bertz CT molecular complexity index is 170. The van der Waals surface area contributed by atoms with E-state index in [4.69, 9.17) is 5.26 Å². The summed E-state index contributed by atoms with van der Waals surface area (Å²) in [7, 11) is 0. The predicted octanol–water partition coefficient (Wildman–Crippen LogP) is 1.45. The van der Waals surface area contributed by atoms with Gasteiger partial charge in [0, 0.05) is 6.42 Å². The van der Waals surface area contributed by atoms with Crippen LogP contribution >= 0.6 is 0 Å². The summed E-state index contributed by atoms with van der Waals surface area (Å²) in [6, 6.07) is 2.14. The van der Waals surface area contributed by atoms with Gasteiger partial charge < -0.3 is 5.11 Å². The van der Waals surface area contributed by atoms with Gasteiger partial charge in [-0.2, -0.15) is 5.26 Å². The summed E-state index contributed by atoms with van der Waals surface area (Å²) in [5.74, 6) is 0. The van der Waals surface area contributed by atoms with Crippen molar-refractivity contribution < 1.29 is 5.11 Å². The summed E-state index contributed by atoms with van der Waals surface area (Å²) in [5, 5.41) is 17.8. The molecule has 1 rings (SSSR count). The van der Waals surface area contributed by atoms with Gasteiger partial charge in [0.1, 0.15) is 0 Å². The first kappa shape index (κ1) is 7.56. The molecule has 10 heavy (non-hydrogen) atoms. The lowest BCUT2D eigenvalue weighted by atomic mass is 9.60. The molecule has 0 aromatic heterocycles. The van der Waals surface area contributed by atoms with E-state index in [1.54, 1.807) is 0 Å². The molecule has 0 amide bonds. The Hall–Kier alpha value is -0.550. The lowest BCUT2D eigenvalue weighted by Gasteiger charge is -2.48. The van der Waals surface area contributed by atoms with Gasteiger partial charge in [-0.05, 0) is 25.2 Å². The van der Waals surface area contributed by atoms with Crippen LogP contribution in [0.2, 0.25) is 0 Å². The molecule has 0 spiro atoms. The van der Waals surface area contributed by atoms with Crippen molar-refractivity contribution in [1.29, 1.82) is 5.26 Å². The molecule has 2 heteroatoms. The van der Waals surface area contributed by atoms with Crippen molar-refractivity contribution in [2.45, 2.75) is 38.7 Å². The Morgan fingerprint density at radius 2 is 2.00 bits per heavy atom. The van der Waals surface area contributed by atoms with Crippen LogP contribution < -0.4 is 0 Å². The molecule has 1 saturated carbocycles. The summed E-state index contributed by atoms with van der Waals surface area (Å²) in [4.78, 5) is 0. The van der Waals surface area contributed by atoms with Crippen LogP contribution in [0.5, 0.6) is 0 Å². The Morgan fingerprint density at radius 1 is 1.50 bits per heavy atom.